The predicted octanol–water partition coefficient (Wildman–Crippen LogP) is 1.23. The molecule has 0 aliphatic carbocycles. The van der Waals surface area contributed by atoms with Crippen LogP contribution in [0.4, 0.5) is 0 Å². The molecular weight excluding hydrogens is 364 g/mol. The summed E-state index contributed by atoms with van der Waals surface area (Å²) in [7, 11) is 0. The number of ether oxygens (including phenoxy) is 1. The van der Waals surface area contributed by atoms with Crippen LogP contribution < -0.4 is 5.32 Å². The highest BCUT2D eigenvalue weighted by Crippen LogP contribution is 2.11. The molecule has 0 aromatic rings. The van der Waals surface area contributed by atoms with E-state index >= 15 is 0 Å². The van der Waals surface area contributed by atoms with Crippen molar-refractivity contribution in [3.63, 3.8) is 0 Å². The van der Waals surface area contributed by atoms with Crippen LogP contribution in [-0.2, 0) is 19.1 Å². The van der Waals surface area contributed by atoms with Crippen LogP contribution in [0.3, 0.4) is 0 Å². The van der Waals surface area contributed by atoms with Crippen molar-refractivity contribution in [2.75, 3.05) is 19.7 Å². The molecule has 0 fully saturated rings. The molecule has 0 saturated carbocycles. The summed E-state index contributed by atoms with van der Waals surface area (Å²) in [6, 6.07) is -0.828. The van der Waals surface area contributed by atoms with Gasteiger partial charge in [0.05, 0.1) is 6.61 Å². The van der Waals surface area contributed by atoms with Crippen molar-refractivity contribution in [1.82, 2.24) is 10.2 Å². The van der Waals surface area contributed by atoms with Crippen molar-refractivity contribution >= 4 is 17.8 Å². The number of hydrogen-bond donors (Lipinski definition) is 3. The third kappa shape index (κ3) is 9.50. The summed E-state index contributed by atoms with van der Waals surface area (Å²) in [4.78, 5) is 38.7. The highest BCUT2D eigenvalue weighted by molar-refractivity contribution is 5.92. The first-order valence-corrected chi connectivity index (χ1v) is 10.3. The maximum Gasteiger partial charge on any atom is 0.338 e. The van der Waals surface area contributed by atoms with Crippen molar-refractivity contribution in [2.24, 2.45) is 5.92 Å². The zero-order valence-corrected chi connectivity index (χ0v) is 17.9. The Balaban J connectivity index is 5.23. The monoisotopic (exact) mass is 402 g/mol. The number of esters is 1. The molecule has 8 heteroatoms. The van der Waals surface area contributed by atoms with Gasteiger partial charge in [0.25, 0.3) is 5.91 Å². The van der Waals surface area contributed by atoms with Crippen LogP contribution in [0, 0.1) is 5.92 Å². The van der Waals surface area contributed by atoms with Crippen LogP contribution in [0.2, 0.25) is 0 Å². The molecular formula is C20H38N2O6. The number of amides is 2. The number of carbonyl (C=O) groups is 3. The van der Waals surface area contributed by atoms with Gasteiger partial charge >= 0.3 is 5.97 Å². The van der Waals surface area contributed by atoms with Gasteiger partial charge in [-0.25, -0.2) is 4.79 Å². The number of nitrogens with one attached hydrogen (secondary N) is 1. The molecule has 2 amide bonds. The van der Waals surface area contributed by atoms with Gasteiger partial charge in [0.15, 0.2) is 12.2 Å². The fraction of sp³-hybridized carbons (Fsp3) is 0.850. The minimum Gasteiger partial charge on any atom is -0.464 e. The number of rotatable bonds is 14. The van der Waals surface area contributed by atoms with Gasteiger partial charge in [-0.05, 0) is 32.1 Å². The van der Waals surface area contributed by atoms with Gasteiger partial charge in [-0.15, -0.1) is 0 Å². The molecule has 3 atom stereocenters. The maximum atomic E-state index is 13.0. The van der Waals surface area contributed by atoms with Crippen LogP contribution >= 0.6 is 0 Å². The van der Waals surface area contributed by atoms with Gasteiger partial charge in [-0.3, -0.25) is 9.59 Å². The molecule has 0 rings (SSSR count). The van der Waals surface area contributed by atoms with Crippen molar-refractivity contribution in [3.8, 4) is 0 Å². The van der Waals surface area contributed by atoms with Gasteiger partial charge in [0.1, 0.15) is 6.04 Å². The van der Waals surface area contributed by atoms with E-state index in [1.807, 2.05) is 27.7 Å². The summed E-state index contributed by atoms with van der Waals surface area (Å²) in [5.74, 6) is -2.13. The average molecular weight is 403 g/mol. The van der Waals surface area contributed by atoms with E-state index in [0.29, 0.717) is 19.5 Å². The lowest BCUT2D eigenvalue weighted by Crippen LogP contribution is -2.54. The molecule has 3 N–H and O–H groups in total. The molecule has 164 valence electrons. The Kier molecular flexibility index (Phi) is 13.5. The van der Waals surface area contributed by atoms with E-state index in [1.165, 1.54) is 0 Å². The zero-order chi connectivity index (χ0) is 21.7. The fourth-order valence-electron chi connectivity index (χ4n) is 2.70. The highest BCUT2D eigenvalue weighted by atomic mass is 16.5. The second kappa shape index (κ2) is 14.3. The second-order valence-corrected chi connectivity index (χ2v) is 7.36. The van der Waals surface area contributed by atoms with Crippen molar-refractivity contribution < 1.29 is 29.3 Å². The lowest BCUT2D eigenvalue weighted by Gasteiger charge is -2.29. The number of aliphatic hydroxyl groups excluding tert-OH is 2. The maximum absolute atomic E-state index is 13.0. The zero-order valence-electron chi connectivity index (χ0n) is 17.9. The second-order valence-electron chi connectivity index (χ2n) is 7.36. The van der Waals surface area contributed by atoms with E-state index in [-0.39, 0.29) is 18.4 Å². The smallest absolute Gasteiger partial charge is 0.338 e. The normalized spacial score (nSPS) is 14.3. The Labute approximate surface area is 168 Å². The number of carbonyl (C=O) groups excluding carboxylic acids is 3. The van der Waals surface area contributed by atoms with Gasteiger partial charge < -0.3 is 25.2 Å². The van der Waals surface area contributed by atoms with Crippen LogP contribution in [0.1, 0.15) is 66.7 Å². The Morgan fingerprint density at radius 3 is 1.93 bits per heavy atom. The fourth-order valence-corrected chi connectivity index (χ4v) is 2.70. The third-order valence-corrected chi connectivity index (χ3v) is 4.29. The molecule has 0 radical (unpaired) electrons. The SMILES string of the molecule is CCCCN(CCCC)C(=O)[C@H](CC(C)C)NC(=O)[C@@H](O)[C@H](O)C(=O)OCC. The van der Waals surface area contributed by atoms with Gasteiger partial charge in [0.2, 0.25) is 5.91 Å². The van der Waals surface area contributed by atoms with E-state index in [9.17, 15) is 24.6 Å². The van der Waals surface area contributed by atoms with E-state index in [4.69, 9.17) is 0 Å². The number of aliphatic hydroxyl groups is 2. The van der Waals surface area contributed by atoms with E-state index in [1.54, 1.807) is 11.8 Å². The van der Waals surface area contributed by atoms with Crippen molar-refractivity contribution in [2.45, 2.75) is 85.0 Å². The van der Waals surface area contributed by atoms with Crippen LogP contribution in [0.25, 0.3) is 0 Å². The van der Waals surface area contributed by atoms with E-state index in [2.05, 4.69) is 10.1 Å². The minimum atomic E-state index is -2.00. The summed E-state index contributed by atoms with van der Waals surface area (Å²) in [6.45, 7) is 10.7. The van der Waals surface area contributed by atoms with E-state index in [0.717, 1.165) is 25.7 Å². The molecule has 0 aliphatic heterocycles. The van der Waals surface area contributed by atoms with Crippen LogP contribution in [-0.4, -0.2) is 70.8 Å². The van der Waals surface area contributed by atoms with E-state index < -0.39 is 30.1 Å². The van der Waals surface area contributed by atoms with Crippen LogP contribution in [0.15, 0.2) is 0 Å². The first-order chi connectivity index (χ1) is 13.2. The first kappa shape index (κ1) is 26.3. The third-order valence-electron chi connectivity index (χ3n) is 4.29. The largest absolute Gasteiger partial charge is 0.464 e. The number of unbranched alkanes of at least 4 members (excludes halogenated alkanes) is 2. The topological polar surface area (TPSA) is 116 Å². The summed E-state index contributed by atoms with van der Waals surface area (Å²) in [5, 5.41) is 22.3. The van der Waals surface area contributed by atoms with Gasteiger partial charge in [-0.2, -0.15) is 0 Å². The van der Waals surface area contributed by atoms with Gasteiger partial charge in [0, 0.05) is 13.1 Å². The summed E-state index contributed by atoms with van der Waals surface area (Å²) >= 11 is 0. The molecule has 8 nitrogen and oxygen atoms in total. The van der Waals surface area contributed by atoms with Crippen LogP contribution in [0.5, 0.6) is 0 Å². The predicted molar refractivity (Wildman–Crippen MR) is 106 cm³/mol. The molecule has 0 saturated heterocycles. The Morgan fingerprint density at radius 1 is 0.964 bits per heavy atom. The number of nitrogens with zero attached hydrogens (tertiary/aromatic N) is 1. The molecule has 0 spiro atoms. The minimum absolute atomic E-state index is 0.0164. The average Bonchev–Trinajstić information content (AvgIpc) is 2.65. The number of hydrogen-bond acceptors (Lipinski definition) is 6. The Morgan fingerprint density at radius 2 is 1.50 bits per heavy atom. The Hall–Kier alpha value is -1.67. The van der Waals surface area contributed by atoms with Crippen molar-refractivity contribution in [1.29, 1.82) is 0 Å². The lowest BCUT2D eigenvalue weighted by atomic mass is 10.0. The molecule has 0 aromatic heterocycles. The molecule has 0 unspecified atom stereocenters. The summed E-state index contributed by atoms with van der Waals surface area (Å²) in [5.41, 5.74) is 0. The Bertz CT molecular complexity index is 475. The van der Waals surface area contributed by atoms with Crippen molar-refractivity contribution in [3.05, 3.63) is 0 Å². The molecule has 0 aromatic carbocycles. The molecule has 0 heterocycles. The molecule has 28 heavy (non-hydrogen) atoms. The molecule has 0 bridgehead atoms. The quantitative estimate of drug-likeness (QED) is 0.376. The van der Waals surface area contributed by atoms with Gasteiger partial charge in [-0.1, -0.05) is 40.5 Å². The first-order valence-electron chi connectivity index (χ1n) is 10.3. The molecule has 0 aliphatic rings. The highest BCUT2D eigenvalue weighted by Gasteiger charge is 2.34. The lowest BCUT2D eigenvalue weighted by molar-refractivity contribution is -0.163. The summed E-state index contributed by atoms with van der Waals surface area (Å²) < 4.78 is 4.61. The summed E-state index contributed by atoms with van der Waals surface area (Å²) in [6.07, 6.45) is 0.0153. The standard InChI is InChI=1S/C20H38N2O6/c1-6-9-11-22(12-10-7-2)19(26)15(13-14(4)5)21-18(25)16(23)17(24)20(27)28-8-3/h14-17,23-24H,6-13H2,1-5H3,(H,21,25)/t15-,16-,17-/m0/s1.